The Balaban J connectivity index is 2.77. The van der Waals surface area contributed by atoms with Gasteiger partial charge in [0.15, 0.2) is 0 Å². The number of rotatable bonds is 8. The summed E-state index contributed by atoms with van der Waals surface area (Å²) in [5, 5.41) is 8.69. The van der Waals surface area contributed by atoms with E-state index < -0.39 is 5.97 Å². The highest BCUT2D eigenvalue weighted by atomic mass is 16.4. The zero-order valence-electron chi connectivity index (χ0n) is 12.5. The first kappa shape index (κ1) is 16.3. The molecule has 0 unspecified atom stereocenters. The molecule has 0 aliphatic rings. The molecular weight excluding hydrogens is 256 g/mol. The van der Waals surface area contributed by atoms with E-state index in [4.69, 9.17) is 5.11 Å². The Morgan fingerprint density at radius 1 is 1.40 bits per heavy atom. The van der Waals surface area contributed by atoms with Crippen LogP contribution >= 0.6 is 0 Å². The fourth-order valence-electron chi connectivity index (χ4n) is 2.19. The van der Waals surface area contributed by atoms with Gasteiger partial charge in [-0.05, 0) is 38.8 Å². The van der Waals surface area contributed by atoms with Gasteiger partial charge in [0.05, 0.1) is 0 Å². The monoisotopic (exact) mass is 280 g/mol. The summed E-state index contributed by atoms with van der Waals surface area (Å²) in [5.74, 6) is -0.848. The second-order valence-corrected chi connectivity index (χ2v) is 5.18. The van der Waals surface area contributed by atoms with Crippen LogP contribution in [0.4, 0.5) is 0 Å². The summed E-state index contributed by atoms with van der Waals surface area (Å²) in [7, 11) is 0. The fraction of sp³-hybridized carbons (Fsp3) is 0.600. The minimum absolute atomic E-state index is 0.0242. The van der Waals surface area contributed by atoms with Crippen molar-refractivity contribution in [2.24, 2.45) is 0 Å². The predicted octanol–water partition coefficient (Wildman–Crippen LogP) is 2.61. The molecule has 20 heavy (non-hydrogen) atoms. The third-order valence-electron chi connectivity index (χ3n) is 3.19. The number of carboxylic acid groups (broad SMARTS) is 1. The molecule has 0 fully saturated rings. The molecule has 0 saturated heterocycles. The maximum absolute atomic E-state index is 12.6. The largest absolute Gasteiger partial charge is 0.481 e. The van der Waals surface area contributed by atoms with Crippen molar-refractivity contribution in [2.75, 3.05) is 6.54 Å². The Morgan fingerprint density at radius 3 is 2.65 bits per heavy atom. The first-order valence-electron chi connectivity index (χ1n) is 7.15. The molecule has 1 rings (SSSR count). The molecule has 1 amide bonds. The Morgan fingerprint density at radius 2 is 2.10 bits per heavy atom. The number of nitrogens with zero attached hydrogens (tertiary/aromatic N) is 2. The molecule has 0 atom stereocenters. The van der Waals surface area contributed by atoms with E-state index in [9.17, 15) is 9.59 Å². The van der Waals surface area contributed by atoms with E-state index in [0.29, 0.717) is 18.7 Å². The minimum Gasteiger partial charge on any atom is -0.481 e. The summed E-state index contributed by atoms with van der Waals surface area (Å²) >= 11 is 0. The van der Waals surface area contributed by atoms with Gasteiger partial charge in [-0.1, -0.05) is 6.92 Å². The van der Waals surface area contributed by atoms with Gasteiger partial charge in [0.1, 0.15) is 5.69 Å². The van der Waals surface area contributed by atoms with Crippen molar-refractivity contribution in [1.82, 2.24) is 9.47 Å². The number of amides is 1. The normalized spacial score (nSPS) is 10.8. The summed E-state index contributed by atoms with van der Waals surface area (Å²) in [6, 6.07) is 3.75. The SMILES string of the molecule is CCCn1cccc1C(=O)N(CCCC(=O)O)C(C)C. The van der Waals surface area contributed by atoms with Crippen molar-refractivity contribution in [3.8, 4) is 0 Å². The number of hydrogen-bond acceptors (Lipinski definition) is 2. The molecule has 0 aliphatic carbocycles. The summed E-state index contributed by atoms with van der Waals surface area (Å²) < 4.78 is 1.95. The first-order chi connectivity index (χ1) is 9.47. The average Bonchev–Trinajstić information content (AvgIpc) is 2.82. The average molecular weight is 280 g/mol. The molecule has 1 aromatic heterocycles. The topological polar surface area (TPSA) is 62.5 Å². The lowest BCUT2D eigenvalue weighted by Crippen LogP contribution is -2.38. The Hall–Kier alpha value is -1.78. The van der Waals surface area contributed by atoms with Crippen molar-refractivity contribution in [2.45, 2.75) is 52.6 Å². The van der Waals surface area contributed by atoms with E-state index in [1.807, 2.05) is 36.7 Å². The number of aliphatic carboxylic acids is 1. The fourth-order valence-corrected chi connectivity index (χ4v) is 2.19. The maximum atomic E-state index is 12.6. The highest BCUT2D eigenvalue weighted by molar-refractivity contribution is 5.93. The molecule has 0 radical (unpaired) electrons. The number of aryl methyl sites for hydroxylation is 1. The van der Waals surface area contributed by atoms with Gasteiger partial charge in [-0.3, -0.25) is 9.59 Å². The number of carbonyl (C=O) groups is 2. The van der Waals surface area contributed by atoms with E-state index in [-0.39, 0.29) is 18.4 Å². The van der Waals surface area contributed by atoms with Crippen molar-refractivity contribution in [1.29, 1.82) is 0 Å². The molecular formula is C15H24N2O3. The maximum Gasteiger partial charge on any atom is 0.303 e. The van der Waals surface area contributed by atoms with Crippen LogP contribution in [-0.4, -0.2) is 39.0 Å². The second kappa shape index (κ2) is 7.72. The molecule has 1 N–H and O–H groups in total. The third kappa shape index (κ3) is 4.40. The number of aromatic nitrogens is 1. The first-order valence-corrected chi connectivity index (χ1v) is 7.15. The number of carbonyl (C=O) groups excluding carboxylic acids is 1. The molecule has 5 nitrogen and oxygen atoms in total. The lowest BCUT2D eigenvalue weighted by atomic mass is 10.2. The molecule has 0 bridgehead atoms. The predicted molar refractivity (Wildman–Crippen MR) is 77.8 cm³/mol. The third-order valence-corrected chi connectivity index (χ3v) is 3.19. The van der Waals surface area contributed by atoms with Crippen LogP contribution in [0.5, 0.6) is 0 Å². The van der Waals surface area contributed by atoms with Crippen molar-refractivity contribution >= 4 is 11.9 Å². The van der Waals surface area contributed by atoms with Crippen LogP contribution in [0.3, 0.4) is 0 Å². The van der Waals surface area contributed by atoms with Crippen LogP contribution < -0.4 is 0 Å². The molecule has 5 heteroatoms. The summed E-state index contributed by atoms with van der Waals surface area (Å²) in [5.41, 5.74) is 0.677. The van der Waals surface area contributed by atoms with Gasteiger partial charge < -0.3 is 14.6 Å². The van der Waals surface area contributed by atoms with Crippen molar-refractivity contribution in [3.63, 3.8) is 0 Å². The van der Waals surface area contributed by atoms with Gasteiger partial charge in [-0.25, -0.2) is 0 Å². The van der Waals surface area contributed by atoms with Crippen LogP contribution in [0, 0.1) is 0 Å². The summed E-state index contributed by atoms with van der Waals surface area (Å²) in [6.45, 7) is 7.26. The summed E-state index contributed by atoms with van der Waals surface area (Å²) in [6.07, 6.45) is 3.45. The smallest absolute Gasteiger partial charge is 0.303 e. The molecule has 0 aromatic carbocycles. The molecule has 0 saturated carbocycles. The van der Waals surface area contributed by atoms with Gasteiger partial charge >= 0.3 is 5.97 Å². The quantitative estimate of drug-likeness (QED) is 0.796. The van der Waals surface area contributed by atoms with E-state index in [1.54, 1.807) is 4.90 Å². The van der Waals surface area contributed by atoms with Crippen LogP contribution in [0.1, 0.15) is 50.5 Å². The van der Waals surface area contributed by atoms with Gasteiger partial charge in [-0.2, -0.15) is 0 Å². The lowest BCUT2D eigenvalue weighted by molar-refractivity contribution is -0.137. The van der Waals surface area contributed by atoms with Gasteiger partial charge in [0.2, 0.25) is 0 Å². The van der Waals surface area contributed by atoms with E-state index in [1.165, 1.54) is 0 Å². The van der Waals surface area contributed by atoms with E-state index in [0.717, 1.165) is 13.0 Å². The Bertz CT molecular complexity index is 452. The minimum atomic E-state index is -0.824. The van der Waals surface area contributed by atoms with Crippen molar-refractivity contribution < 1.29 is 14.7 Å². The van der Waals surface area contributed by atoms with Gasteiger partial charge in [0.25, 0.3) is 5.91 Å². The number of hydrogen-bond donors (Lipinski definition) is 1. The zero-order valence-corrected chi connectivity index (χ0v) is 12.5. The van der Waals surface area contributed by atoms with Crippen LogP contribution in [0.2, 0.25) is 0 Å². The van der Waals surface area contributed by atoms with Gasteiger partial charge in [-0.15, -0.1) is 0 Å². The summed E-state index contributed by atoms with van der Waals surface area (Å²) in [4.78, 5) is 24.9. The molecule has 0 aliphatic heterocycles. The van der Waals surface area contributed by atoms with Crippen LogP contribution in [0.25, 0.3) is 0 Å². The lowest BCUT2D eigenvalue weighted by Gasteiger charge is -2.27. The second-order valence-electron chi connectivity index (χ2n) is 5.18. The van der Waals surface area contributed by atoms with E-state index >= 15 is 0 Å². The highest BCUT2D eigenvalue weighted by Gasteiger charge is 2.21. The number of carboxylic acids is 1. The molecule has 1 heterocycles. The zero-order chi connectivity index (χ0) is 15.1. The molecule has 112 valence electrons. The molecule has 1 aromatic rings. The van der Waals surface area contributed by atoms with Crippen LogP contribution in [-0.2, 0) is 11.3 Å². The Kier molecular flexibility index (Phi) is 6.28. The van der Waals surface area contributed by atoms with E-state index in [2.05, 4.69) is 6.92 Å². The van der Waals surface area contributed by atoms with Crippen molar-refractivity contribution in [3.05, 3.63) is 24.0 Å². The van der Waals surface area contributed by atoms with Crippen LogP contribution in [0.15, 0.2) is 18.3 Å². The highest BCUT2D eigenvalue weighted by Crippen LogP contribution is 2.12. The Labute approximate surface area is 120 Å². The standard InChI is InChI=1S/C15H24N2O3/c1-4-9-16-10-5-7-13(16)15(20)17(12(2)3)11-6-8-14(18)19/h5,7,10,12H,4,6,8-9,11H2,1-3H3,(H,18,19). The van der Waals surface area contributed by atoms with Gasteiger partial charge in [0, 0.05) is 31.7 Å². The molecule has 0 spiro atoms.